The zero-order chi connectivity index (χ0) is 11.0. The Morgan fingerprint density at radius 1 is 1.60 bits per heavy atom. The normalized spacial score (nSPS) is 21.1. The summed E-state index contributed by atoms with van der Waals surface area (Å²) in [5.41, 5.74) is 0. The Labute approximate surface area is 112 Å². The molecule has 2 heterocycles. The van der Waals surface area contributed by atoms with Gasteiger partial charge in [-0.25, -0.2) is 4.98 Å². The molecule has 1 atom stereocenters. The number of halogens is 2. The first-order valence-electron chi connectivity index (χ1n) is 4.38. The Kier molecular flexibility index (Phi) is 3.42. The Bertz CT molecular complexity index is 415. The average molecular weight is 355 g/mol. The molecule has 2 rings (SSSR count). The van der Waals surface area contributed by atoms with Crippen molar-refractivity contribution < 1.29 is 4.79 Å². The third kappa shape index (κ3) is 2.39. The fourth-order valence-corrected chi connectivity index (χ4v) is 2.24. The van der Waals surface area contributed by atoms with Crippen LogP contribution in [0.15, 0.2) is 12.1 Å². The number of carbonyl (C=O) groups excluding carboxylic acids is 1. The number of thiol groups is 1. The molecule has 15 heavy (non-hydrogen) atoms. The lowest BCUT2D eigenvalue weighted by Gasteiger charge is -2.14. The van der Waals surface area contributed by atoms with Crippen LogP contribution in [0.1, 0.15) is 6.42 Å². The third-order valence-electron chi connectivity index (χ3n) is 2.17. The molecule has 1 aliphatic heterocycles. The number of pyridine rings is 1. The van der Waals surface area contributed by atoms with Crippen LogP contribution in [0.4, 0.5) is 5.82 Å². The van der Waals surface area contributed by atoms with Crippen molar-refractivity contribution in [2.45, 2.75) is 11.7 Å². The highest BCUT2D eigenvalue weighted by molar-refractivity contribution is 14.1. The molecule has 0 aliphatic carbocycles. The molecule has 0 N–H and O–H groups in total. The van der Waals surface area contributed by atoms with E-state index in [9.17, 15) is 4.79 Å². The van der Waals surface area contributed by atoms with Crippen molar-refractivity contribution in [3.05, 3.63) is 20.9 Å². The minimum atomic E-state index is 0.0553. The maximum atomic E-state index is 11.6. The van der Waals surface area contributed by atoms with Crippen LogP contribution in [0.2, 0.25) is 5.15 Å². The second-order valence-electron chi connectivity index (χ2n) is 3.30. The highest BCUT2D eigenvalue weighted by Crippen LogP contribution is 2.25. The van der Waals surface area contributed by atoms with Gasteiger partial charge in [-0.05, 0) is 34.7 Å². The van der Waals surface area contributed by atoms with Gasteiger partial charge in [0.25, 0.3) is 0 Å². The molecule has 1 fully saturated rings. The monoisotopic (exact) mass is 354 g/mol. The lowest BCUT2D eigenvalue weighted by Crippen LogP contribution is -2.25. The zero-order valence-electron chi connectivity index (χ0n) is 7.65. The molecule has 80 valence electrons. The molecular formula is C9H8ClIN2OS. The predicted octanol–water partition coefficient (Wildman–Crippen LogP) is 2.37. The number of aromatic nitrogens is 1. The molecule has 0 radical (unpaired) electrons. The second-order valence-corrected chi connectivity index (χ2v) is 5.55. The summed E-state index contributed by atoms with van der Waals surface area (Å²) < 4.78 is 0.882. The average Bonchev–Trinajstić information content (AvgIpc) is 2.50. The molecule has 1 amide bonds. The van der Waals surface area contributed by atoms with Gasteiger partial charge in [-0.3, -0.25) is 9.69 Å². The smallest absolute Gasteiger partial charge is 0.229 e. The summed E-state index contributed by atoms with van der Waals surface area (Å²) >= 11 is 12.3. The van der Waals surface area contributed by atoms with Crippen LogP contribution in [-0.4, -0.2) is 22.7 Å². The molecule has 0 bridgehead atoms. The quantitative estimate of drug-likeness (QED) is 0.477. The molecule has 0 spiro atoms. The summed E-state index contributed by atoms with van der Waals surface area (Å²) in [6, 6.07) is 3.65. The molecule has 1 aromatic heterocycles. The molecule has 0 aromatic carbocycles. The number of carbonyl (C=O) groups is 1. The van der Waals surface area contributed by atoms with Crippen LogP contribution in [0.3, 0.4) is 0 Å². The van der Waals surface area contributed by atoms with Crippen LogP contribution in [0.25, 0.3) is 0 Å². The molecule has 3 nitrogen and oxygen atoms in total. The summed E-state index contributed by atoms with van der Waals surface area (Å²) in [4.78, 5) is 17.4. The van der Waals surface area contributed by atoms with Crippen molar-refractivity contribution in [1.29, 1.82) is 0 Å². The van der Waals surface area contributed by atoms with Crippen LogP contribution < -0.4 is 4.90 Å². The van der Waals surface area contributed by atoms with E-state index in [1.54, 1.807) is 11.0 Å². The predicted molar refractivity (Wildman–Crippen MR) is 71.7 cm³/mol. The van der Waals surface area contributed by atoms with Crippen molar-refractivity contribution in [3.63, 3.8) is 0 Å². The molecule has 0 saturated carbocycles. The van der Waals surface area contributed by atoms with Crippen molar-refractivity contribution in [2.75, 3.05) is 11.4 Å². The number of hydrogen-bond acceptors (Lipinski definition) is 3. The highest BCUT2D eigenvalue weighted by atomic mass is 127. The molecule has 1 saturated heterocycles. The van der Waals surface area contributed by atoms with E-state index < -0.39 is 0 Å². The van der Waals surface area contributed by atoms with Gasteiger partial charge in [0.2, 0.25) is 5.91 Å². The van der Waals surface area contributed by atoms with E-state index >= 15 is 0 Å². The van der Waals surface area contributed by atoms with E-state index in [1.165, 1.54) is 0 Å². The van der Waals surface area contributed by atoms with Crippen molar-refractivity contribution in [1.82, 2.24) is 4.98 Å². The zero-order valence-corrected chi connectivity index (χ0v) is 11.5. The fraction of sp³-hybridized carbons (Fsp3) is 0.333. The Hall–Kier alpha value is -0.0100. The third-order valence-corrected chi connectivity index (χ3v) is 3.99. The van der Waals surface area contributed by atoms with E-state index in [0.717, 1.165) is 3.57 Å². The maximum Gasteiger partial charge on any atom is 0.229 e. The number of anilines is 1. The maximum absolute atomic E-state index is 11.6. The van der Waals surface area contributed by atoms with Crippen LogP contribution in [-0.2, 0) is 4.79 Å². The van der Waals surface area contributed by atoms with Crippen molar-refractivity contribution in [3.8, 4) is 0 Å². The highest BCUT2D eigenvalue weighted by Gasteiger charge is 2.29. The number of rotatable bonds is 1. The van der Waals surface area contributed by atoms with Gasteiger partial charge in [0.1, 0.15) is 11.0 Å². The summed E-state index contributed by atoms with van der Waals surface area (Å²) in [5, 5.41) is 0.529. The number of hydrogen-bond donors (Lipinski definition) is 1. The first-order valence-corrected chi connectivity index (χ1v) is 6.35. The molecule has 1 unspecified atom stereocenters. The lowest BCUT2D eigenvalue weighted by molar-refractivity contribution is -0.117. The molecular weight excluding hydrogens is 347 g/mol. The second kappa shape index (κ2) is 4.47. The van der Waals surface area contributed by atoms with Gasteiger partial charge < -0.3 is 0 Å². The largest absolute Gasteiger partial charge is 0.296 e. The van der Waals surface area contributed by atoms with Gasteiger partial charge in [0.05, 0.1) is 3.57 Å². The number of nitrogens with zero attached hydrogens (tertiary/aromatic N) is 2. The van der Waals surface area contributed by atoms with Crippen molar-refractivity contribution in [2.24, 2.45) is 0 Å². The summed E-state index contributed by atoms with van der Waals surface area (Å²) in [5.74, 6) is 0.668. The van der Waals surface area contributed by atoms with Crippen molar-refractivity contribution >= 4 is 58.5 Å². The summed E-state index contributed by atoms with van der Waals surface area (Å²) in [6.07, 6.45) is 0.467. The Morgan fingerprint density at radius 2 is 2.33 bits per heavy atom. The van der Waals surface area contributed by atoms with Crippen LogP contribution in [0, 0.1) is 3.57 Å². The van der Waals surface area contributed by atoms with Gasteiger partial charge in [-0.1, -0.05) is 11.6 Å². The van der Waals surface area contributed by atoms with E-state index in [1.807, 2.05) is 6.07 Å². The Morgan fingerprint density at radius 3 is 2.87 bits per heavy atom. The van der Waals surface area contributed by atoms with Crippen LogP contribution >= 0.6 is 46.8 Å². The van der Waals surface area contributed by atoms with E-state index in [-0.39, 0.29) is 11.2 Å². The number of amides is 1. The topological polar surface area (TPSA) is 33.2 Å². The minimum absolute atomic E-state index is 0.0553. The van der Waals surface area contributed by atoms with Crippen LogP contribution in [0.5, 0.6) is 0 Å². The standard InChI is InChI=1S/C9H8ClIN2OS/c10-9-6(11)1-2-7(12-9)13-4-5(15)3-8(13)14/h1-2,5,15H,3-4H2. The molecule has 6 heteroatoms. The summed E-state index contributed by atoms with van der Waals surface area (Å²) in [6.45, 7) is 0.603. The van der Waals surface area contributed by atoms with Gasteiger partial charge >= 0.3 is 0 Å². The summed E-state index contributed by atoms with van der Waals surface area (Å²) in [7, 11) is 0. The Balaban J connectivity index is 2.30. The van der Waals surface area contributed by atoms with E-state index in [0.29, 0.717) is 23.9 Å². The molecule has 1 aliphatic rings. The van der Waals surface area contributed by atoms with Gasteiger partial charge in [0, 0.05) is 18.2 Å². The fourth-order valence-electron chi connectivity index (χ4n) is 1.47. The SMILES string of the molecule is O=C1CC(S)CN1c1ccc(I)c(Cl)n1. The first kappa shape index (κ1) is 11.5. The van der Waals surface area contributed by atoms with E-state index in [2.05, 4.69) is 40.2 Å². The van der Waals surface area contributed by atoms with Gasteiger partial charge in [-0.15, -0.1) is 0 Å². The van der Waals surface area contributed by atoms with E-state index in [4.69, 9.17) is 11.6 Å². The minimum Gasteiger partial charge on any atom is -0.296 e. The molecule has 1 aromatic rings. The van der Waals surface area contributed by atoms with Gasteiger partial charge in [-0.2, -0.15) is 12.6 Å². The van der Waals surface area contributed by atoms with Gasteiger partial charge in [0.15, 0.2) is 0 Å². The first-order chi connectivity index (χ1) is 7.08. The lowest BCUT2D eigenvalue weighted by atomic mass is 10.4.